The lowest BCUT2D eigenvalue weighted by atomic mass is 10.1. The number of hydrogen-bond acceptors (Lipinski definition) is 5. The highest BCUT2D eigenvalue weighted by Crippen LogP contribution is 2.28. The van der Waals surface area contributed by atoms with Crippen molar-refractivity contribution in [1.82, 2.24) is 0 Å². The molecule has 0 atom stereocenters. The van der Waals surface area contributed by atoms with Crippen molar-refractivity contribution in [3.8, 4) is 11.5 Å². The third-order valence-electron chi connectivity index (χ3n) is 2.90. The van der Waals surface area contributed by atoms with Gasteiger partial charge in [0.25, 0.3) is 11.6 Å². The first-order valence-corrected chi connectivity index (χ1v) is 5.97. The predicted octanol–water partition coefficient (Wildman–Crippen LogP) is 2.57. The second-order valence-corrected chi connectivity index (χ2v) is 4.41. The molecule has 7 heteroatoms. The van der Waals surface area contributed by atoms with Gasteiger partial charge in [0.1, 0.15) is 11.5 Å². The summed E-state index contributed by atoms with van der Waals surface area (Å²) in [4.78, 5) is 21.9. The van der Waals surface area contributed by atoms with Crippen LogP contribution in [0.1, 0.15) is 15.9 Å². The molecule has 0 fully saturated rings. The summed E-state index contributed by atoms with van der Waals surface area (Å²) >= 11 is 0. The first kappa shape index (κ1) is 14.3. The minimum Gasteiger partial charge on any atom is -0.508 e. The summed E-state index contributed by atoms with van der Waals surface area (Å²) in [6.07, 6.45) is 0. The number of aromatic hydroxyl groups is 2. The Morgan fingerprint density at radius 1 is 1.14 bits per heavy atom. The quantitative estimate of drug-likeness (QED) is 0.456. The average Bonchev–Trinajstić information content (AvgIpc) is 2.43. The van der Waals surface area contributed by atoms with Gasteiger partial charge in [-0.2, -0.15) is 0 Å². The molecule has 0 aliphatic heterocycles. The van der Waals surface area contributed by atoms with Crippen LogP contribution in [0.25, 0.3) is 0 Å². The van der Waals surface area contributed by atoms with Crippen molar-refractivity contribution in [1.29, 1.82) is 0 Å². The van der Waals surface area contributed by atoms with Gasteiger partial charge in [0.15, 0.2) is 0 Å². The maximum atomic E-state index is 12.0. The summed E-state index contributed by atoms with van der Waals surface area (Å²) in [5.74, 6) is -0.819. The average molecular weight is 288 g/mol. The van der Waals surface area contributed by atoms with Crippen molar-refractivity contribution in [3.63, 3.8) is 0 Å². The van der Waals surface area contributed by atoms with E-state index in [4.69, 9.17) is 0 Å². The molecular formula is C14H12N2O5. The van der Waals surface area contributed by atoms with Gasteiger partial charge in [-0.05, 0) is 36.8 Å². The lowest BCUT2D eigenvalue weighted by Crippen LogP contribution is -2.12. The Hall–Kier alpha value is -3.09. The number of carbonyl (C=O) groups is 1. The highest BCUT2D eigenvalue weighted by atomic mass is 16.6. The Morgan fingerprint density at radius 2 is 1.86 bits per heavy atom. The number of phenols is 2. The molecule has 2 aromatic carbocycles. The second-order valence-electron chi connectivity index (χ2n) is 4.41. The van der Waals surface area contributed by atoms with Crippen LogP contribution in [0.3, 0.4) is 0 Å². The van der Waals surface area contributed by atoms with Crippen LogP contribution in [-0.4, -0.2) is 21.0 Å². The Balaban J connectivity index is 2.23. The minimum atomic E-state index is -0.644. The molecule has 0 spiro atoms. The van der Waals surface area contributed by atoms with Gasteiger partial charge >= 0.3 is 0 Å². The van der Waals surface area contributed by atoms with Crippen LogP contribution >= 0.6 is 0 Å². The van der Waals surface area contributed by atoms with Gasteiger partial charge in [-0.25, -0.2) is 0 Å². The lowest BCUT2D eigenvalue weighted by Gasteiger charge is -2.08. The van der Waals surface area contributed by atoms with E-state index < -0.39 is 16.6 Å². The Bertz CT molecular complexity index is 727. The molecule has 3 N–H and O–H groups in total. The zero-order valence-corrected chi connectivity index (χ0v) is 11.0. The number of nitrogens with one attached hydrogen (secondary N) is 1. The molecule has 21 heavy (non-hydrogen) atoms. The molecule has 2 aromatic rings. The summed E-state index contributed by atoms with van der Waals surface area (Å²) in [5.41, 5.74) is 0.626. The number of non-ortho nitro benzene ring substituents is 1. The monoisotopic (exact) mass is 288 g/mol. The standard InChI is InChI=1S/C14H12N2O5/c1-8-6-9(2-5-12(8)17)14(19)15-11-4-3-10(16(20)21)7-13(11)18/h2-7,17-18H,1H3,(H,15,19). The fraction of sp³-hybridized carbons (Fsp3) is 0.0714. The number of benzene rings is 2. The highest BCUT2D eigenvalue weighted by Gasteiger charge is 2.13. The van der Waals surface area contributed by atoms with Crippen LogP contribution in [0.2, 0.25) is 0 Å². The van der Waals surface area contributed by atoms with Crippen LogP contribution in [0.4, 0.5) is 11.4 Å². The maximum absolute atomic E-state index is 12.0. The first-order valence-electron chi connectivity index (χ1n) is 5.97. The Kier molecular flexibility index (Phi) is 3.75. The fourth-order valence-corrected chi connectivity index (χ4v) is 1.73. The summed E-state index contributed by atoms with van der Waals surface area (Å²) in [7, 11) is 0. The van der Waals surface area contributed by atoms with Crippen LogP contribution in [0.15, 0.2) is 36.4 Å². The van der Waals surface area contributed by atoms with Gasteiger partial charge in [0, 0.05) is 11.6 Å². The number of nitro benzene ring substituents is 1. The summed E-state index contributed by atoms with van der Waals surface area (Å²) in [5, 5.41) is 32.1. The first-order chi connectivity index (χ1) is 9.88. The van der Waals surface area contributed by atoms with Crippen molar-refractivity contribution in [2.24, 2.45) is 0 Å². The largest absolute Gasteiger partial charge is 0.508 e. The molecular weight excluding hydrogens is 276 g/mol. The van der Waals surface area contributed by atoms with E-state index >= 15 is 0 Å². The molecule has 0 radical (unpaired) electrons. The summed E-state index contributed by atoms with van der Waals surface area (Å²) in [6.45, 7) is 1.65. The van der Waals surface area contributed by atoms with Crippen LogP contribution < -0.4 is 5.32 Å². The van der Waals surface area contributed by atoms with E-state index in [-0.39, 0.29) is 17.1 Å². The van der Waals surface area contributed by atoms with Gasteiger partial charge in [-0.3, -0.25) is 14.9 Å². The third-order valence-corrected chi connectivity index (χ3v) is 2.90. The van der Waals surface area contributed by atoms with E-state index in [1.165, 1.54) is 30.3 Å². The number of carbonyl (C=O) groups excluding carboxylic acids is 1. The van der Waals surface area contributed by atoms with Crippen molar-refractivity contribution >= 4 is 17.3 Å². The second kappa shape index (κ2) is 5.49. The fourth-order valence-electron chi connectivity index (χ4n) is 1.73. The number of hydrogen-bond donors (Lipinski definition) is 3. The molecule has 1 amide bonds. The molecule has 0 aromatic heterocycles. The SMILES string of the molecule is Cc1cc(C(=O)Nc2ccc([N+](=O)[O-])cc2O)ccc1O. The number of anilines is 1. The number of phenolic OH excluding ortho intramolecular Hbond substituents is 2. The normalized spacial score (nSPS) is 10.1. The van der Waals surface area contributed by atoms with E-state index in [1.807, 2.05) is 0 Å². The van der Waals surface area contributed by atoms with Gasteiger partial charge in [0.2, 0.25) is 0 Å². The number of nitro groups is 1. The van der Waals surface area contributed by atoms with Crippen LogP contribution in [-0.2, 0) is 0 Å². The van der Waals surface area contributed by atoms with E-state index in [1.54, 1.807) is 6.92 Å². The predicted molar refractivity (Wildman–Crippen MR) is 75.6 cm³/mol. The summed E-state index contributed by atoms with van der Waals surface area (Å²) < 4.78 is 0. The van der Waals surface area contributed by atoms with Crippen LogP contribution in [0.5, 0.6) is 11.5 Å². The number of aryl methyl sites for hydroxylation is 1. The van der Waals surface area contributed by atoms with Crippen molar-refractivity contribution in [2.45, 2.75) is 6.92 Å². The number of rotatable bonds is 3. The molecule has 7 nitrogen and oxygen atoms in total. The number of nitrogens with zero attached hydrogens (tertiary/aromatic N) is 1. The molecule has 0 saturated carbocycles. The Labute approximate surface area is 119 Å². The van der Waals surface area contributed by atoms with Crippen molar-refractivity contribution in [2.75, 3.05) is 5.32 Å². The molecule has 0 saturated heterocycles. The third kappa shape index (κ3) is 3.08. The van der Waals surface area contributed by atoms with E-state index in [2.05, 4.69) is 5.32 Å². The van der Waals surface area contributed by atoms with Crippen molar-refractivity contribution in [3.05, 3.63) is 57.6 Å². The minimum absolute atomic E-state index is 0.0660. The highest BCUT2D eigenvalue weighted by molar-refractivity contribution is 6.05. The van der Waals surface area contributed by atoms with E-state index in [0.717, 1.165) is 6.07 Å². The Morgan fingerprint density at radius 3 is 2.43 bits per heavy atom. The molecule has 0 bridgehead atoms. The van der Waals surface area contributed by atoms with Crippen molar-refractivity contribution < 1.29 is 19.9 Å². The molecule has 0 unspecified atom stereocenters. The topological polar surface area (TPSA) is 113 Å². The zero-order chi connectivity index (χ0) is 15.6. The van der Waals surface area contributed by atoms with Gasteiger partial charge in [0.05, 0.1) is 16.7 Å². The van der Waals surface area contributed by atoms with Gasteiger partial charge < -0.3 is 15.5 Å². The smallest absolute Gasteiger partial charge is 0.273 e. The molecule has 108 valence electrons. The molecule has 2 rings (SSSR count). The number of amides is 1. The van der Waals surface area contributed by atoms with E-state index in [9.17, 15) is 25.1 Å². The van der Waals surface area contributed by atoms with Crippen LogP contribution in [0, 0.1) is 17.0 Å². The zero-order valence-electron chi connectivity index (χ0n) is 11.0. The van der Waals surface area contributed by atoms with Gasteiger partial charge in [-0.1, -0.05) is 0 Å². The lowest BCUT2D eigenvalue weighted by molar-refractivity contribution is -0.384. The molecule has 0 heterocycles. The molecule has 0 aliphatic carbocycles. The maximum Gasteiger partial charge on any atom is 0.273 e. The molecule has 0 aliphatic rings. The van der Waals surface area contributed by atoms with E-state index in [0.29, 0.717) is 11.1 Å². The van der Waals surface area contributed by atoms with Gasteiger partial charge in [-0.15, -0.1) is 0 Å². The summed E-state index contributed by atoms with van der Waals surface area (Å²) in [6, 6.07) is 7.70.